The maximum Gasteiger partial charge on any atom is 0.124 e. The van der Waals surface area contributed by atoms with Gasteiger partial charge in [0.2, 0.25) is 0 Å². The van der Waals surface area contributed by atoms with Crippen molar-refractivity contribution >= 4 is 0 Å². The van der Waals surface area contributed by atoms with Gasteiger partial charge in [0, 0.05) is 44.3 Å². The van der Waals surface area contributed by atoms with Gasteiger partial charge in [-0.05, 0) is 31.9 Å². The van der Waals surface area contributed by atoms with E-state index in [1.54, 1.807) is 7.11 Å². The monoisotopic (exact) mass is 290 g/mol. The molecule has 1 aromatic rings. The van der Waals surface area contributed by atoms with E-state index >= 15 is 0 Å². The molecular formula is C17H26N2O2. The molecule has 1 aromatic carbocycles. The van der Waals surface area contributed by atoms with Crippen LogP contribution < -0.4 is 4.74 Å². The first kappa shape index (κ1) is 14.8. The van der Waals surface area contributed by atoms with Crippen LogP contribution in [0.15, 0.2) is 18.2 Å². The van der Waals surface area contributed by atoms with E-state index in [0.29, 0.717) is 6.54 Å². The van der Waals surface area contributed by atoms with E-state index in [1.807, 2.05) is 25.1 Å². The van der Waals surface area contributed by atoms with Gasteiger partial charge < -0.3 is 9.84 Å². The summed E-state index contributed by atoms with van der Waals surface area (Å²) in [6.07, 6.45) is 2.28. The van der Waals surface area contributed by atoms with Gasteiger partial charge in [-0.15, -0.1) is 0 Å². The zero-order valence-corrected chi connectivity index (χ0v) is 13.1. The van der Waals surface area contributed by atoms with E-state index in [9.17, 15) is 5.11 Å². The first-order valence-electron chi connectivity index (χ1n) is 7.96. The molecule has 21 heavy (non-hydrogen) atoms. The summed E-state index contributed by atoms with van der Waals surface area (Å²) in [5.74, 6) is 0.782. The second kappa shape index (κ2) is 6.34. The Labute approximate surface area is 127 Å². The van der Waals surface area contributed by atoms with Crippen molar-refractivity contribution in [2.24, 2.45) is 0 Å². The summed E-state index contributed by atoms with van der Waals surface area (Å²) in [6.45, 7) is 7.14. The minimum absolute atomic E-state index is 0.479. The lowest BCUT2D eigenvalue weighted by Gasteiger charge is -2.35. The number of aliphatic hydroxyl groups is 1. The molecule has 0 radical (unpaired) electrons. The smallest absolute Gasteiger partial charge is 0.124 e. The van der Waals surface area contributed by atoms with Crippen molar-refractivity contribution in [2.45, 2.75) is 31.9 Å². The molecule has 1 heterocycles. The van der Waals surface area contributed by atoms with E-state index < -0.39 is 6.10 Å². The second-order valence-corrected chi connectivity index (χ2v) is 6.33. The molecule has 0 spiro atoms. The minimum Gasteiger partial charge on any atom is -0.496 e. The Bertz CT molecular complexity index is 480. The summed E-state index contributed by atoms with van der Waals surface area (Å²) < 4.78 is 5.38. The van der Waals surface area contributed by atoms with Crippen molar-refractivity contribution in [3.8, 4) is 5.75 Å². The Hall–Kier alpha value is -1.10. The van der Waals surface area contributed by atoms with Gasteiger partial charge in [0.25, 0.3) is 0 Å². The zero-order chi connectivity index (χ0) is 14.8. The maximum absolute atomic E-state index is 10.6. The molecule has 1 aliphatic carbocycles. The van der Waals surface area contributed by atoms with Crippen molar-refractivity contribution in [3.63, 3.8) is 0 Å². The van der Waals surface area contributed by atoms with E-state index in [-0.39, 0.29) is 0 Å². The molecule has 3 rings (SSSR count). The Balaban J connectivity index is 1.58. The Morgan fingerprint density at radius 2 is 1.95 bits per heavy atom. The molecule has 1 saturated carbocycles. The highest BCUT2D eigenvalue weighted by Crippen LogP contribution is 2.29. The summed E-state index contributed by atoms with van der Waals surface area (Å²) in [6, 6.07) is 6.85. The summed E-state index contributed by atoms with van der Waals surface area (Å²) in [5, 5.41) is 10.6. The van der Waals surface area contributed by atoms with Gasteiger partial charge in [-0.2, -0.15) is 0 Å². The normalized spacial score (nSPS) is 22.2. The van der Waals surface area contributed by atoms with Crippen LogP contribution in [0.4, 0.5) is 0 Å². The van der Waals surface area contributed by atoms with Gasteiger partial charge in [0.15, 0.2) is 0 Å². The zero-order valence-electron chi connectivity index (χ0n) is 13.1. The van der Waals surface area contributed by atoms with Crippen LogP contribution in [-0.2, 0) is 0 Å². The third-order valence-electron chi connectivity index (χ3n) is 4.65. The van der Waals surface area contributed by atoms with Crippen LogP contribution in [0.1, 0.15) is 30.1 Å². The third kappa shape index (κ3) is 3.57. The fourth-order valence-electron chi connectivity index (χ4n) is 3.21. The van der Waals surface area contributed by atoms with Crippen LogP contribution in [0.25, 0.3) is 0 Å². The van der Waals surface area contributed by atoms with Crippen LogP contribution in [0.5, 0.6) is 5.75 Å². The molecule has 0 bridgehead atoms. The molecule has 4 nitrogen and oxygen atoms in total. The van der Waals surface area contributed by atoms with E-state index in [0.717, 1.165) is 49.1 Å². The molecule has 2 fully saturated rings. The maximum atomic E-state index is 10.6. The van der Waals surface area contributed by atoms with Crippen LogP contribution in [0.2, 0.25) is 0 Å². The number of benzene rings is 1. The summed E-state index contributed by atoms with van der Waals surface area (Å²) in [5.41, 5.74) is 2.06. The second-order valence-electron chi connectivity index (χ2n) is 6.33. The van der Waals surface area contributed by atoms with Crippen molar-refractivity contribution in [2.75, 3.05) is 39.8 Å². The molecule has 1 unspecified atom stereocenters. The average molecular weight is 290 g/mol. The van der Waals surface area contributed by atoms with E-state index in [2.05, 4.69) is 9.80 Å². The molecule has 116 valence electrons. The van der Waals surface area contributed by atoms with E-state index in [1.165, 1.54) is 12.8 Å². The lowest BCUT2D eigenvalue weighted by Crippen LogP contribution is -2.48. The van der Waals surface area contributed by atoms with Crippen LogP contribution in [-0.4, -0.2) is 60.8 Å². The predicted octanol–water partition coefficient (Wildman–Crippen LogP) is 1.82. The lowest BCUT2D eigenvalue weighted by molar-refractivity contribution is 0.0688. The van der Waals surface area contributed by atoms with Crippen LogP contribution in [0, 0.1) is 6.92 Å². The number of hydrogen-bond donors (Lipinski definition) is 1. The van der Waals surface area contributed by atoms with Gasteiger partial charge in [-0.1, -0.05) is 11.6 Å². The molecule has 1 saturated heterocycles. The standard InChI is InChI=1S/C17H26N2O2/c1-13-3-6-17(21-2)15(11-13)16(20)12-18-7-9-19(10-8-18)14-4-5-14/h3,6,11,14,16,20H,4-5,7-10,12H2,1-2H3. The summed E-state index contributed by atoms with van der Waals surface area (Å²) in [7, 11) is 1.66. The molecule has 0 aromatic heterocycles. The lowest BCUT2D eigenvalue weighted by atomic mass is 10.0. The van der Waals surface area contributed by atoms with Crippen LogP contribution >= 0.6 is 0 Å². The molecule has 4 heteroatoms. The third-order valence-corrected chi connectivity index (χ3v) is 4.65. The summed E-state index contributed by atoms with van der Waals surface area (Å²) in [4.78, 5) is 4.96. The minimum atomic E-state index is -0.479. The molecule has 0 amide bonds. The topological polar surface area (TPSA) is 35.9 Å². The van der Waals surface area contributed by atoms with Gasteiger partial charge >= 0.3 is 0 Å². The Morgan fingerprint density at radius 3 is 2.57 bits per heavy atom. The van der Waals surface area contributed by atoms with Crippen molar-refractivity contribution in [1.82, 2.24) is 9.80 Å². The van der Waals surface area contributed by atoms with E-state index in [4.69, 9.17) is 4.74 Å². The SMILES string of the molecule is COc1ccc(C)cc1C(O)CN1CCN(C2CC2)CC1. The molecule has 1 N–H and O–H groups in total. The first-order chi connectivity index (χ1) is 10.2. The van der Waals surface area contributed by atoms with Gasteiger partial charge in [0.1, 0.15) is 5.75 Å². The van der Waals surface area contributed by atoms with Crippen molar-refractivity contribution in [3.05, 3.63) is 29.3 Å². The highest BCUT2D eigenvalue weighted by atomic mass is 16.5. The van der Waals surface area contributed by atoms with Gasteiger partial charge in [-0.25, -0.2) is 0 Å². The predicted molar refractivity (Wildman–Crippen MR) is 83.7 cm³/mol. The number of rotatable bonds is 5. The number of aryl methyl sites for hydroxylation is 1. The first-order valence-corrected chi connectivity index (χ1v) is 7.96. The number of methoxy groups -OCH3 is 1. The highest BCUT2D eigenvalue weighted by molar-refractivity contribution is 5.38. The van der Waals surface area contributed by atoms with Crippen LogP contribution in [0.3, 0.4) is 0 Å². The number of aliphatic hydroxyl groups excluding tert-OH is 1. The fourth-order valence-corrected chi connectivity index (χ4v) is 3.21. The Kier molecular flexibility index (Phi) is 4.48. The van der Waals surface area contributed by atoms with Gasteiger partial charge in [0.05, 0.1) is 13.2 Å². The largest absolute Gasteiger partial charge is 0.496 e. The van der Waals surface area contributed by atoms with Crippen molar-refractivity contribution < 1.29 is 9.84 Å². The number of β-amino-alcohol motifs (C(OH)–C–C–N with tert-alkyl or cyclic N) is 1. The molecular weight excluding hydrogens is 264 g/mol. The number of ether oxygens (including phenoxy) is 1. The highest BCUT2D eigenvalue weighted by Gasteiger charge is 2.31. The molecule has 2 aliphatic rings. The summed E-state index contributed by atoms with van der Waals surface area (Å²) >= 11 is 0. The number of piperazine rings is 1. The molecule has 1 atom stereocenters. The quantitative estimate of drug-likeness (QED) is 0.897. The molecule has 1 aliphatic heterocycles. The Morgan fingerprint density at radius 1 is 1.24 bits per heavy atom. The number of hydrogen-bond acceptors (Lipinski definition) is 4. The van der Waals surface area contributed by atoms with Crippen molar-refractivity contribution in [1.29, 1.82) is 0 Å². The van der Waals surface area contributed by atoms with Gasteiger partial charge in [-0.3, -0.25) is 9.80 Å². The number of nitrogens with zero attached hydrogens (tertiary/aromatic N) is 2. The fraction of sp³-hybridized carbons (Fsp3) is 0.647. The average Bonchev–Trinajstić information content (AvgIpc) is 3.32.